The van der Waals surface area contributed by atoms with Crippen molar-refractivity contribution < 1.29 is 69.8 Å². The molecule has 4 heavy (non-hydrogen) atoms. The molecule has 0 saturated carbocycles. The average molecular weight is 104 g/mol. The van der Waals surface area contributed by atoms with Crippen LogP contribution in [-0.4, -0.2) is 0 Å². The zero-order valence-corrected chi connectivity index (χ0v) is 5.35. The van der Waals surface area contributed by atoms with Crippen molar-refractivity contribution in [3.63, 3.8) is 0 Å². The summed E-state index contributed by atoms with van der Waals surface area (Å²) in [6.07, 6.45) is 0. The van der Waals surface area contributed by atoms with Crippen LogP contribution in [0.2, 0.25) is 0 Å². The number of hydrogen-bond acceptors (Lipinski definition) is 0. The quantitative estimate of drug-likeness (QED) is 0.314. The van der Waals surface area contributed by atoms with E-state index in [-0.39, 0.29) is 69.8 Å². The Morgan fingerprint density at radius 3 is 1.00 bits per heavy atom. The fourth-order valence-corrected chi connectivity index (χ4v) is 0. The summed E-state index contributed by atoms with van der Waals surface area (Å²) >= 11 is 0. The predicted octanol–water partition coefficient (Wildman–Crippen LogP) is -1.93. The number of halogens is 3. The van der Waals surface area contributed by atoms with Crippen LogP contribution in [0.4, 0.5) is 14.1 Å². The molecule has 0 rings (SSSR count). The van der Waals surface area contributed by atoms with E-state index in [9.17, 15) is 0 Å². The van der Waals surface area contributed by atoms with Crippen LogP contribution in [0.25, 0.3) is 0 Å². The molecule has 0 radical (unpaired) electrons. The van der Waals surface area contributed by atoms with Crippen molar-refractivity contribution in [1.82, 2.24) is 0 Å². The fraction of sp³-hybridized carbons (Fsp3) is 0. The molecule has 0 N–H and O–H groups in total. The third-order valence-electron chi connectivity index (χ3n) is 0. The molecule has 0 atom stereocenters. The molecule has 4 heteroatoms. The minimum absolute atomic E-state index is 0. The third-order valence-corrected chi connectivity index (χ3v) is 0. The van der Waals surface area contributed by atoms with E-state index in [0.717, 1.165) is 0 Å². The first-order valence-electron chi connectivity index (χ1n) is 0. The second-order valence-electron chi connectivity index (χ2n) is 0. The van der Waals surface area contributed by atoms with E-state index in [4.69, 9.17) is 0 Å². The molecule has 0 aliphatic rings. The Morgan fingerprint density at radius 2 is 1.00 bits per heavy atom. The van der Waals surface area contributed by atoms with Crippen molar-refractivity contribution >= 4 is 0 Å². The van der Waals surface area contributed by atoms with Crippen molar-refractivity contribution in [2.45, 2.75) is 0 Å². The van der Waals surface area contributed by atoms with Gasteiger partial charge < -0.3 is 1.43 Å². The molecule has 0 heterocycles. The monoisotopic (exact) mass is 104 g/mol. The Morgan fingerprint density at radius 1 is 1.00 bits per heavy atom. The minimum Gasteiger partial charge on any atom is -1.00 e. The summed E-state index contributed by atoms with van der Waals surface area (Å²) in [5.74, 6) is 0. The molecule has 0 spiro atoms. The first kappa shape index (κ1) is 52.3. The van der Waals surface area contributed by atoms with Crippen LogP contribution >= 0.6 is 0 Å². The van der Waals surface area contributed by atoms with Crippen LogP contribution in [0.15, 0.2) is 0 Å². The van der Waals surface area contributed by atoms with E-state index < -0.39 is 0 Å². The van der Waals surface area contributed by atoms with Gasteiger partial charge in [-0.2, -0.15) is 0 Å². The normalized spacial score (nSPS) is 0. The van der Waals surface area contributed by atoms with Crippen molar-refractivity contribution in [1.29, 1.82) is 0 Å². The third kappa shape index (κ3) is 9.91. The molecule has 0 saturated heterocycles. The molecule has 0 bridgehead atoms. The van der Waals surface area contributed by atoms with Gasteiger partial charge in [-0.1, -0.05) is 0 Å². The Balaban J connectivity index is 0. The van der Waals surface area contributed by atoms with Crippen LogP contribution in [-0.2, 0) is 0 Å². The van der Waals surface area contributed by atoms with E-state index in [0.29, 0.717) is 0 Å². The maximum Gasteiger partial charge on any atom is 1.00 e. The zero-order chi connectivity index (χ0) is 0. The van der Waals surface area contributed by atoms with Crippen LogP contribution in [0.3, 0.4) is 0 Å². The summed E-state index contributed by atoms with van der Waals surface area (Å²) in [6.45, 7) is 0. The molecule has 0 aliphatic heterocycles. The number of hydrogen-bond donors (Lipinski definition) is 0. The largest absolute Gasteiger partial charge is 1.00 e. The van der Waals surface area contributed by atoms with Gasteiger partial charge in [-0.3, -0.25) is 14.1 Å². The SMILES string of the molecule is F.F.F.[H-].[HH].[HH].[K+]. The molecule has 0 aromatic carbocycles. The topological polar surface area (TPSA) is 0 Å². The van der Waals surface area contributed by atoms with Crippen LogP contribution in [0, 0.1) is 0 Å². The maximum atomic E-state index is 0. The standard InChI is InChI=1S/3FH.K.2H2.H/h3*1H;;2*1H;/q;;;+1;;;-1. The summed E-state index contributed by atoms with van der Waals surface area (Å²) in [4.78, 5) is 0. The molecule has 0 aromatic heterocycles. The molecule has 0 fully saturated rings. The van der Waals surface area contributed by atoms with Crippen LogP contribution in [0.5, 0.6) is 0 Å². The second kappa shape index (κ2) is 25.5. The number of rotatable bonds is 0. The van der Waals surface area contributed by atoms with Gasteiger partial charge in [0.2, 0.25) is 0 Å². The Bertz CT molecular complexity index is 10.1. The summed E-state index contributed by atoms with van der Waals surface area (Å²) < 4.78 is 0. The molecule has 0 amide bonds. The van der Waals surface area contributed by atoms with Gasteiger partial charge in [0.15, 0.2) is 0 Å². The summed E-state index contributed by atoms with van der Waals surface area (Å²) in [7, 11) is 0. The molecular formula is H8F3K. The van der Waals surface area contributed by atoms with E-state index in [1.165, 1.54) is 0 Å². The van der Waals surface area contributed by atoms with Gasteiger partial charge in [-0.25, -0.2) is 0 Å². The van der Waals surface area contributed by atoms with Crippen LogP contribution in [0.1, 0.15) is 4.28 Å². The van der Waals surface area contributed by atoms with Crippen molar-refractivity contribution in [3.8, 4) is 0 Å². The Hall–Kier alpha value is 1.43. The molecule has 0 unspecified atom stereocenters. The molecular weight excluding hydrogens is 96.1 g/mol. The Labute approximate surface area is 68.9 Å². The van der Waals surface area contributed by atoms with E-state index >= 15 is 0 Å². The first-order chi connectivity index (χ1) is 0. The van der Waals surface area contributed by atoms with Crippen molar-refractivity contribution in [2.24, 2.45) is 0 Å². The van der Waals surface area contributed by atoms with Crippen molar-refractivity contribution in [3.05, 3.63) is 0 Å². The molecule has 0 nitrogen and oxygen atoms in total. The molecule has 0 aromatic rings. The van der Waals surface area contributed by atoms with Gasteiger partial charge in [0.25, 0.3) is 0 Å². The summed E-state index contributed by atoms with van der Waals surface area (Å²) in [5.41, 5.74) is 0. The summed E-state index contributed by atoms with van der Waals surface area (Å²) in [6, 6.07) is 0. The van der Waals surface area contributed by atoms with Gasteiger partial charge in [0, 0.05) is 2.85 Å². The van der Waals surface area contributed by atoms with Gasteiger partial charge in [-0.05, 0) is 0 Å². The Kier molecular flexibility index (Phi) is 334. The van der Waals surface area contributed by atoms with E-state index in [1.54, 1.807) is 0 Å². The van der Waals surface area contributed by atoms with Gasteiger partial charge in [0.1, 0.15) is 0 Å². The zero-order valence-electron chi connectivity index (χ0n) is 3.22. The average Bonchev–Trinajstić information content (AvgIpc) is 0. The second-order valence-corrected chi connectivity index (χ2v) is 0. The molecule has 0 aliphatic carbocycles. The van der Waals surface area contributed by atoms with Gasteiger partial charge in [-0.15, -0.1) is 0 Å². The van der Waals surface area contributed by atoms with E-state index in [2.05, 4.69) is 0 Å². The van der Waals surface area contributed by atoms with Crippen molar-refractivity contribution in [2.75, 3.05) is 0 Å². The van der Waals surface area contributed by atoms with Crippen LogP contribution < -0.4 is 51.4 Å². The molecule has 30 valence electrons. The van der Waals surface area contributed by atoms with E-state index in [1.807, 2.05) is 0 Å². The fourth-order valence-electron chi connectivity index (χ4n) is 0. The van der Waals surface area contributed by atoms with Gasteiger partial charge >= 0.3 is 51.4 Å². The van der Waals surface area contributed by atoms with Gasteiger partial charge in [0.05, 0.1) is 0 Å². The first-order valence-corrected chi connectivity index (χ1v) is 0. The maximum absolute atomic E-state index is 0. The minimum atomic E-state index is 0. The predicted molar refractivity (Wildman–Crippen MR) is 12.8 cm³/mol. The summed E-state index contributed by atoms with van der Waals surface area (Å²) in [5, 5.41) is 0. The smallest absolute Gasteiger partial charge is 1.00 e.